The van der Waals surface area contributed by atoms with Gasteiger partial charge in [-0.25, -0.2) is 0 Å². The molecule has 0 saturated heterocycles. The molecule has 4 nitrogen and oxygen atoms in total. The Morgan fingerprint density at radius 3 is 1.64 bits per heavy atom. The van der Waals surface area contributed by atoms with E-state index in [2.05, 4.69) is 286 Å². The number of allylic oxidation sites excluding steroid dienone is 6. The second kappa shape index (κ2) is 17.4. The average molecular weight is 923 g/mol. The maximum Gasteiger partial charge on any atom is 0.0629 e. The van der Waals surface area contributed by atoms with Crippen molar-refractivity contribution in [2.24, 2.45) is 0 Å². The number of anilines is 8. The standard InChI is InChI=1S/C68H50N4/c1-3-21-51(22-4-1)71-65-29-13-11-27-59(65)61-45-55(41-43-67(61)71)69(63-31-15-19-49-17-7-9-25-57(49)63)53-37-33-47(34-38-53)48-35-39-54(40-36-48)70(64-32-16-20-50-18-8-10-26-58(50)64)56-42-44-68-62(46-56)60-28-12-14-30-66(60)72(68)52-23-5-2-6-24-52/h1,3-5,7-46,59,65H,2,6H2. The lowest BCUT2D eigenvalue weighted by molar-refractivity contribution is 0.745. The minimum absolute atomic E-state index is 0.220. The number of benzene rings is 10. The molecule has 10 aromatic carbocycles. The fourth-order valence-corrected chi connectivity index (χ4v) is 11.8. The van der Waals surface area contributed by atoms with Gasteiger partial charge >= 0.3 is 0 Å². The maximum atomic E-state index is 2.50. The number of fused-ring (bicyclic) bond motifs is 8. The molecule has 0 spiro atoms. The Morgan fingerprint density at radius 2 is 0.972 bits per heavy atom. The molecule has 0 saturated carbocycles. The highest BCUT2D eigenvalue weighted by Gasteiger charge is 2.38. The number of hydrogen-bond donors (Lipinski definition) is 0. The van der Waals surface area contributed by atoms with Gasteiger partial charge in [-0.15, -0.1) is 0 Å². The summed E-state index contributed by atoms with van der Waals surface area (Å²) in [5.41, 5.74) is 16.6. The van der Waals surface area contributed by atoms with Crippen molar-refractivity contribution in [1.29, 1.82) is 0 Å². The first-order valence-electron chi connectivity index (χ1n) is 25.2. The highest BCUT2D eigenvalue weighted by atomic mass is 15.2. The van der Waals surface area contributed by atoms with E-state index in [1.165, 1.54) is 66.0 Å². The largest absolute Gasteiger partial charge is 0.333 e. The Balaban J connectivity index is 0.852. The van der Waals surface area contributed by atoms with Crippen molar-refractivity contribution in [3.05, 3.63) is 273 Å². The fraction of sp³-hybridized carbons (Fsp3) is 0.0588. The smallest absolute Gasteiger partial charge is 0.0629 e. The summed E-state index contributed by atoms with van der Waals surface area (Å²) >= 11 is 0. The first-order chi connectivity index (χ1) is 35.7. The van der Waals surface area contributed by atoms with Crippen molar-refractivity contribution < 1.29 is 0 Å². The van der Waals surface area contributed by atoms with E-state index >= 15 is 0 Å². The fourth-order valence-electron chi connectivity index (χ4n) is 11.8. The van der Waals surface area contributed by atoms with Crippen LogP contribution in [0.25, 0.3) is 60.2 Å². The zero-order valence-corrected chi connectivity index (χ0v) is 39.8. The van der Waals surface area contributed by atoms with Crippen molar-refractivity contribution in [2.45, 2.75) is 24.8 Å². The molecule has 11 aromatic rings. The van der Waals surface area contributed by atoms with Crippen LogP contribution in [0.3, 0.4) is 0 Å². The summed E-state index contributed by atoms with van der Waals surface area (Å²) in [7, 11) is 0. The quantitative estimate of drug-likeness (QED) is 0.143. The van der Waals surface area contributed by atoms with Crippen LogP contribution in [0.2, 0.25) is 0 Å². The van der Waals surface area contributed by atoms with Crippen LogP contribution in [-0.2, 0) is 0 Å². The highest BCUT2D eigenvalue weighted by molar-refractivity contribution is 6.12. The molecule has 0 radical (unpaired) electrons. The highest BCUT2D eigenvalue weighted by Crippen LogP contribution is 2.51. The molecule has 72 heavy (non-hydrogen) atoms. The lowest BCUT2D eigenvalue weighted by Crippen LogP contribution is -2.28. The monoisotopic (exact) mass is 922 g/mol. The number of nitrogens with zero attached hydrogens (tertiary/aromatic N) is 4. The summed E-state index contributed by atoms with van der Waals surface area (Å²) in [6.07, 6.45) is 18.2. The Morgan fingerprint density at radius 1 is 0.417 bits per heavy atom. The van der Waals surface area contributed by atoms with Crippen LogP contribution in [-0.4, -0.2) is 10.6 Å². The molecular weight excluding hydrogens is 873 g/mol. The van der Waals surface area contributed by atoms with Gasteiger partial charge in [0.15, 0.2) is 0 Å². The molecule has 0 fully saturated rings. The first kappa shape index (κ1) is 41.8. The normalized spacial score (nSPS) is 15.8. The lowest BCUT2D eigenvalue weighted by Gasteiger charge is -2.29. The topological polar surface area (TPSA) is 14.7 Å². The van der Waals surface area contributed by atoms with E-state index in [4.69, 9.17) is 0 Å². The summed E-state index contributed by atoms with van der Waals surface area (Å²) in [6, 6.07) is 82.9. The van der Waals surface area contributed by atoms with Crippen molar-refractivity contribution in [2.75, 3.05) is 14.7 Å². The average Bonchev–Trinajstić information content (AvgIpc) is 3.96. The molecule has 4 heteroatoms. The van der Waals surface area contributed by atoms with Crippen LogP contribution < -0.4 is 14.7 Å². The van der Waals surface area contributed by atoms with E-state index in [1.54, 1.807) is 0 Å². The molecule has 1 aromatic heterocycles. The Kier molecular flexibility index (Phi) is 10.1. The van der Waals surface area contributed by atoms with Crippen LogP contribution in [0.1, 0.15) is 24.3 Å². The zero-order chi connectivity index (χ0) is 47.5. The number of hydrogen-bond acceptors (Lipinski definition) is 3. The van der Waals surface area contributed by atoms with Gasteiger partial charge in [0.25, 0.3) is 0 Å². The van der Waals surface area contributed by atoms with Gasteiger partial charge in [0.1, 0.15) is 0 Å². The van der Waals surface area contributed by atoms with Crippen LogP contribution >= 0.6 is 0 Å². The van der Waals surface area contributed by atoms with Crippen LogP contribution in [0.5, 0.6) is 0 Å². The van der Waals surface area contributed by atoms with Gasteiger partial charge < -0.3 is 19.3 Å². The molecule has 14 rings (SSSR count). The molecule has 2 atom stereocenters. The molecule has 2 aliphatic carbocycles. The predicted octanol–water partition coefficient (Wildman–Crippen LogP) is 18.6. The van der Waals surface area contributed by atoms with Gasteiger partial charge in [-0.2, -0.15) is 0 Å². The van der Waals surface area contributed by atoms with Crippen molar-refractivity contribution >= 4 is 94.5 Å². The SMILES string of the molecule is C1=CC2c3cc(N(c4ccc(-c5ccc(N(c6ccc7c(c6)c6ccccc6n7C6=CCCC=C6)c6cccc7ccccc67)cc5)cc4)c4cccc5ccccc45)ccc3N(c3ccccc3)C2C=C1. The van der Waals surface area contributed by atoms with Crippen molar-refractivity contribution in [1.82, 2.24) is 4.57 Å². The van der Waals surface area contributed by atoms with Gasteiger partial charge in [0, 0.05) is 67.3 Å². The third kappa shape index (κ3) is 6.98. The summed E-state index contributed by atoms with van der Waals surface area (Å²) < 4.78 is 2.43. The maximum absolute atomic E-state index is 2.50. The van der Waals surface area contributed by atoms with Gasteiger partial charge in [-0.1, -0.05) is 170 Å². The van der Waals surface area contributed by atoms with Crippen LogP contribution in [0, 0.1) is 0 Å². The van der Waals surface area contributed by atoms with Gasteiger partial charge in [-0.3, -0.25) is 0 Å². The second-order valence-corrected chi connectivity index (χ2v) is 19.2. The summed E-state index contributed by atoms with van der Waals surface area (Å²) in [5, 5.41) is 7.34. The van der Waals surface area contributed by atoms with Crippen LogP contribution in [0.15, 0.2) is 267 Å². The lowest BCUT2D eigenvalue weighted by atomic mass is 9.91. The molecule has 0 bridgehead atoms. The minimum Gasteiger partial charge on any atom is -0.333 e. The number of para-hydroxylation sites is 2. The van der Waals surface area contributed by atoms with E-state index in [-0.39, 0.29) is 12.0 Å². The van der Waals surface area contributed by atoms with E-state index in [0.717, 1.165) is 58.1 Å². The first-order valence-corrected chi connectivity index (χ1v) is 25.2. The van der Waals surface area contributed by atoms with Gasteiger partial charge in [0.2, 0.25) is 0 Å². The van der Waals surface area contributed by atoms with E-state index in [9.17, 15) is 0 Å². The molecule has 3 aliphatic rings. The summed E-state index contributed by atoms with van der Waals surface area (Å²) in [6.45, 7) is 0. The van der Waals surface area contributed by atoms with Gasteiger partial charge in [-0.05, 0) is 137 Å². The predicted molar refractivity (Wildman–Crippen MR) is 305 cm³/mol. The minimum atomic E-state index is 0.220. The molecular formula is C68H50N4. The molecule has 2 heterocycles. The van der Waals surface area contributed by atoms with Crippen molar-refractivity contribution in [3.8, 4) is 11.1 Å². The van der Waals surface area contributed by atoms with Gasteiger partial charge in [0.05, 0.1) is 28.5 Å². The summed E-state index contributed by atoms with van der Waals surface area (Å²) in [5.74, 6) is 0.243. The third-order valence-corrected chi connectivity index (χ3v) is 15.1. The zero-order valence-electron chi connectivity index (χ0n) is 39.8. The van der Waals surface area contributed by atoms with E-state index in [0.29, 0.717) is 0 Å². The molecule has 0 amide bonds. The number of aromatic nitrogens is 1. The Labute approximate surface area is 420 Å². The molecule has 2 unspecified atom stereocenters. The van der Waals surface area contributed by atoms with E-state index < -0.39 is 0 Å². The van der Waals surface area contributed by atoms with Crippen molar-refractivity contribution in [3.63, 3.8) is 0 Å². The molecule has 0 N–H and O–H groups in total. The van der Waals surface area contributed by atoms with Crippen LogP contribution in [0.4, 0.5) is 45.5 Å². The Bertz CT molecular complexity index is 4000. The molecule has 342 valence electrons. The third-order valence-electron chi connectivity index (χ3n) is 15.1. The molecule has 1 aliphatic heterocycles. The van der Waals surface area contributed by atoms with E-state index in [1.807, 2.05) is 0 Å². The Hall–Kier alpha value is -9.12. The summed E-state index contributed by atoms with van der Waals surface area (Å²) in [4.78, 5) is 7.37. The number of rotatable bonds is 9. The second-order valence-electron chi connectivity index (χ2n) is 19.2.